The topological polar surface area (TPSA) is 75.7 Å². The van der Waals surface area contributed by atoms with Gasteiger partial charge in [0.1, 0.15) is 5.54 Å². The molecule has 6 nitrogen and oxygen atoms in total. The number of thioether (sulfide) groups is 1. The summed E-state index contributed by atoms with van der Waals surface area (Å²) in [7, 11) is 1.30. The van der Waals surface area contributed by atoms with E-state index < -0.39 is 29.4 Å². The molecule has 146 valence electrons. The van der Waals surface area contributed by atoms with Gasteiger partial charge in [-0.2, -0.15) is 0 Å². The molecular weight excluding hydrogens is 364 g/mol. The number of amides is 2. The Morgan fingerprint density at radius 2 is 1.89 bits per heavy atom. The largest absolute Gasteiger partial charge is 0.468 e. The maximum Gasteiger partial charge on any atom is 0.326 e. The Labute approximate surface area is 164 Å². The Bertz CT molecular complexity index is 751. The van der Waals surface area contributed by atoms with Gasteiger partial charge in [-0.05, 0) is 43.7 Å². The number of nitrogens with zero attached hydrogens (tertiary/aromatic N) is 1. The van der Waals surface area contributed by atoms with Gasteiger partial charge in [0.15, 0.2) is 0 Å². The molecule has 0 unspecified atom stereocenters. The molecule has 0 aliphatic carbocycles. The minimum absolute atomic E-state index is 0.220. The SMILES string of the molecule is CCCSc1ccc([C@H]2N[C@@](C)(C(=O)OC)[C@H]3C(=O)N(CC)C(=O)[C@@H]23)cc1. The maximum atomic E-state index is 12.9. The van der Waals surface area contributed by atoms with Gasteiger partial charge in [-0.3, -0.25) is 24.6 Å². The number of imide groups is 1. The number of likely N-dealkylation sites (tertiary alicyclic amines) is 1. The number of benzene rings is 1. The van der Waals surface area contributed by atoms with Crippen molar-refractivity contribution in [1.82, 2.24) is 10.2 Å². The molecule has 1 N–H and O–H groups in total. The van der Waals surface area contributed by atoms with Gasteiger partial charge in [0.05, 0.1) is 18.9 Å². The Hall–Kier alpha value is -1.86. The molecule has 2 saturated heterocycles. The van der Waals surface area contributed by atoms with Crippen molar-refractivity contribution in [1.29, 1.82) is 0 Å². The minimum atomic E-state index is -1.23. The standard InChI is InChI=1S/C20H26N2O4S/c1-5-11-27-13-9-7-12(8-10-13)16-14-15(18(24)22(6-2)17(14)23)20(3,21-16)19(25)26-4/h7-10,14-16,21H,5-6,11H2,1-4H3/t14-,15-,16-,20-/m1/s1. The summed E-state index contributed by atoms with van der Waals surface area (Å²) in [6, 6.07) is 7.60. The third-order valence-electron chi connectivity index (χ3n) is 5.52. The van der Waals surface area contributed by atoms with Crippen molar-refractivity contribution in [3.8, 4) is 0 Å². The second kappa shape index (κ2) is 7.64. The molecule has 0 aromatic heterocycles. The number of carbonyl (C=O) groups excluding carboxylic acids is 3. The summed E-state index contributed by atoms with van der Waals surface area (Å²) in [4.78, 5) is 40.7. The van der Waals surface area contributed by atoms with Crippen LogP contribution in [0.15, 0.2) is 29.2 Å². The van der Waals surface area contributed by atoms with E-state index >= 15 is 0 Å². The van der Waals surface area contributed by atoms with E-state index in [1.54, 1.807) is 25.6 Å². The molecule has 1 aromatic rings. The maximum absolute atomic E-state index is 12.9. The molecule has 2 heterocycles. The van der Waals surface area contributed by atoms with Crippen LogP contribution in [0.5, 0.6) is 0 Å². The molecule has 0 saturated carbocycles. The predicted molar refractivity (Wildman–Crippen MR) is 103 cm³/mol. The summed E-state index contributed by atoms with van der Waals surface area (Å²) < 4.78 is 4.96. The fourth-order valence-electron chi connectivity index (χ4n) is 4.19. The average Bonchev–Trinajstić information content (AvgIpc) is 3.13. The third kappa shape index (κ3) is 3.17. The molecule has 27 heavy (non-hydrogen) atoms. The van der Waals surface area contributed by atoms with Crippen LogP contribution in [0.2, 0.25) is 0 Å². The molecule has 2 fully saturated rings. The second-order valence-electron chi connectivity index (χ2n) is 7.16. The first kappa shape index (κ1) is 19.9. The van der Waals surface area contributed by atoms with Crippen LogP contribution in [0.25, 0.3) is 0 Å². The van der Waals surface area contributed by atoms with Gasteiger partial charge in [0.25, 0.3) is 0 Å². The summed E-state index contributed by atoms with van der Waals surface area (Å²) in [5.41, 5.74) is -0.325. The zero-order valence-corrected chi connectivity index (χ0v) is 17.0. The predicted octanol–water partition coefficient (Wildman–Crippen LogP) is 2.39. The number of ether oxygens (including phenoxy) is 1. The van der Waals surface area contributed by atoms with E-state index in [1.165, 1.54) is 12.0 Å². The van der Waals surface area contributed by atoms with Crippen molar-refractivity contribution < 1.29 is 19.1 Å². The highest BCUT2D eigenvalue weighted by Gasteiger charge is 2.66. The van der Waals surface area contributed by atoms with E-state index in [0.29, 0.717) is 6.54 Å². The lowest BCUT2D eigenvalue weighted by Gasteiger charge is -2.28. The fraction of sp³-hybridized carbons (Fsp3) is 0.550. The Morgan fingerprint density at radius 3 is 2.44 bits per heavy atom. The molecule has 7 heteroatoms. The van der Waals surface area contributed by atoms with E-state index in [4.69, 9.17) is 4.74 Å². The van der Waals surface area contributed by atoms with Gasteiger partial charge in [-0.1, -0.05) is 19.1 Å². The van der Waals surface area contributed by atoms with Crippen LogP contribution in [-0.2, 0) is 19.1 Å². The van der Waals surface area contributed by atoms with Gasteiger partial charge in [-0.25, -0.2) is 0 Å². The Kier molecular flexibility index (Phi) is 5.63. The van der Waals surface area contributed by atoms with Crippen LogP contribution in [0.1, 0.15) is 38.8 Å². The highest BCUT2D eigenvalue weighted by molar-refractivity contribution is 7.99. The molecule has 2 aliphatic rings. The van der Waals surface area contributed by atoms with Crippen molar-refractivity contribution in [2.24, 2.45) is 11.8 Å². The molecule has 3 rings (SSSR count). The molecule has 0 bridgehead atoms. The summed E-state index contributed by atoms with van der Waals surface area (Å²) in [5, 5.41) is 3.25. The molecule has 0 spiro atoms. The second-order valence-corrected chi connectivity index (χ2v) is 8.33. The van der Waals surface area contributed by atoms with E-state index in [9.17, 15) is 14.4 Å². The average molecular weight is 391 g/mol. The van der Waals surface area contributed by atoms with Crippen molar-refractivity contribution in [2.75, 3.05) is 19.4 Å². The van der Waals surface area contributed by atoms with Gasteiger partial charge >= 0.3 is 5.97 Å². The van der Waals surface area contributed by atoms with E-state index in [2.05, 4.69) is 12.2 Å². The molecule has 4 atom stereocenters. The monoisotopic (exact) mass is 390 g/mol. The molecular formula is C20H26N2O4S. The number of esters is 1. The lowest BCUT2D eigenvalue weighted by atomic mass is 9.80. The Morgan fingerprint density at radius 1 is 1.22 bits per heavy atom. The molecule has 2 aliphatic heterocycles. The summed E-state index contributed by atoms with van der Waals surface area (Å²) in [6.45, 7) is 5.88. The Balaban J connectivity index is 1.97. The lowest BCUT2D eigenvalue weighted by molar-refractivity contribution is -0.153. The quantitative estimate of drug-likeness (QED) is 0.457. The number of nitrogens with one attached hydrogen (secondary N) is 1. The highest BCUT2D eigenvalue weighted by atomic mass is 32.2. The fourth-order valence-corrected chi connectivity index (χ4v) is 4.96. The van der Waals surface area contributed by atoms with E-state index in [-0.39, 0.29) is 11.8 Å². The van der Waals surface area contributed by atoms with Gasteiger partial charge < -0.3 is 4.74 Å². The number of methoxy groups -OCH3 is 1. The van der Waals surface area contributed by atoms with Gasteiger partial charge in [0, 0.05) is 17.5 Å². The van der Waals surface area contributed by atoms with Crippen molar-refractivity contribution >= 4 is 29.5 Å². The zero-order chi connectivity index (χ0) is 19.8. The van der Waals surface area contributed by atoms with Crippen molar-refractivity contribution in [3.05, 3.63) is 29.8 Å². The third-order valence-corrected chi connectivity index (χ3v) is 6.73. The zero-order valence-electron chi connectivity index (χ0n) is 16.2. The smallest absolute Gasteiger partial charge is 0.326 e. The number of rotatable bonds is 6. The summed E-state index contributed by atoms with van der Waals surface area (Å²) in [5.74, 6) is -1.35. The van der Waals surface area contributed by atoms with Crippen LogP contribution in [0.4, 0.5) is 0 Å². The van der Waals surface area contributed by atoms with Crippen molar-refractivity contribution in [2.45, 2.75) is 43.7 Å². The van der Waals surface area contributed by atoms with Gasteiger partial charge in [0.2, 0.25) is 11.8 Å². The molecule has 0 radical (unpaired) electrons. The van der Waals surface area contributed by atoms with Crippen LogP contribution >= 0.6 is 11.8 Å². The normalized spacial score (nSPS) is 29.9. The number of carbonyl (C=O) groups is 3. The first-order chi connectivity index (χ1) is 12.9. The van der Waals surface area contributed by atoms with Crippen LogP contribution < -0.4 is 5.32 Å². The molecule has 1 aromatic carbocycles. The number of hydrogen-bond donors (Lipinski definition) is 1. The van der Waals surface area contributed by atoms with E-state index in [1.807, 2.05) is 24.3 Å². The van der Waals surface area contributed by atoms with Crippen LogP contribution in [-0.4, -0.2) is 47.6 Å². The van der Waals surface area contributed by atoms with Crippen LogP contribution in [0, 0.1) is 11.8 Å². The van der Waals surface area contributed by atoms with E-state index in [0.717, 1.165) is 22.6 Å². The minimum Gasteiger partial charge on any atom is -0.468 e. The summed E-state index contributed by atoms with van der Waals surface area (Å²) in [6.07, 6.45) is 1.10. The number of hydrogen-bond acceptors (Lipinski definition) is 6. The molecule has 2 amide bonds. The first-order valence-corrected chi connectivity index (χ1v) is 10.3. The number of fused-ring (bicyclic) bond motifs is 1. The van der Waals surface area contributed by atoms with Crippen molar-refractivity contribution in [3.63, 3.8) is 0 Å². The van der Waals surface area contributed by atoms with Crippen LogP contribution in [0.3, 0.4) is 0 Å². The summed E-state index contributed by atoms with van der Waals surface area (Å²) >= 11 is 1.78. The first-order valence-electron chi connectivity index (χ1n) is 9.33. The highest BCUT2D eigenvalue weighted by Crippen LogP contribution is 2.49. The van der Waals surface area contributed by atoms with Gasteiger partial charge in [-0.15, -0.1) is 11.8 Å². The lowest BCUT2D eigenvalue weighted by Crippen LogP contribution is -2.53.